The first kappa shape index (κ1) is 29.6. The molecule has 2 N–H and O–H groups in total. The molecule has 2 aromatic rings. The van der Waals surface area contributed by atoms with Crippen LogP contribution in [0.25, 0.3) is 0 Å². The number of benzene rings is 2. The van der Waals surface area contributed by atoms with Gasteiger partial charge in [0.25, 0.3) is 11.8 Å². The van der Waals surface area contributed by atoms with E-state index in [1.54, 1.807) is 39.0 Å². The van der Waals surface area contributed by atoms with Crippen molar-refractivity contribution >= 4 is 29.2 Å². The van der Waals surface area contributed by atoms with Crippen LogP contribution < -0.4 is 10.6 Å². The summed E-state index contributed by atoms with van der Waals surface area (Å²) in [6.45, 7) is 11.0. The molecule has 3 rings (SSSR count). The molecular formula is C28H32F3N5O3. The number of piperazine rings is 1. The van der Waals surface area contributed by atoms with E-state index in [0.717, 1.165) is 17.7 Å². The number of urea groups is 1. The summed E-state index contributed by atoms with van der Waals surface area (Å²) < 4.78 is 41.6. The summed E-state index contributed by atoms with van der Waals surface area (Å²) >= 11 is 0. The molecule has 1 aliphatic rings. The van der Waals surface area contributed by atoms with Gasteiger partial charge < -0.3 is 15.5 Å². The molecule has 0 bridgehead atoms. The van der Waals surface area contributed by atoms with E-state index in [9.17, 15) is 27.6 Å². The highest BCUT2D eigenvalue weighted by Gasteiger charge is 2.37. The fourth-order valence-corrected chi connectivity index (χ4v) is 4.06. The van der Waals surface area contributed by atoms with Gasteiger partial charge in [-0.15, -0.1) is 0 Å². The van der Waals surface area contributed by atoms with Crippen molar-refractivity contribution < 1.29 is 27.6 Å². The molecule has 1 heterocycles. The van der Waals surface area contributed by atoms with Gasteiger partial charge in [0.1, 0.15) is 0 Å². The average molecular weight is 544 g/mol. The summed E-state index contributed by atoms with van der Waals surface area (Å²) in [6, 6.07) is 9.60. The highest BCUT2D eigenvalue weighted by Crippen LogP contribution is 2.34. The lowest BCUT2D eigenvalue weighted by Gasteiger charge is -2.35. The van der Waals surface area contributed by atoms with Gasteiger partial charge in [-0.05, 0) is 56.7 Å². The second kappa shape index (κ2) is 12.7. The Kier molecular flexibility index (Phi) is 9.63. The Hall–Kier alpha value is -3.99. The molecule has 1 fully saturated rings. The number of hydrogen-bond acceptors (Lipinski definition) is 4. The van der Waals surface area contributed by atoms with Crippen LogP contribution in [-0.4, -0.2) is 66.1 Å². The third-order valence-corrected chi connectivity index (χ3v) is 5.93. The molecule has 0 aromatic heterocycles. The van der Waals surface area contributed by atoms with Crippen LogP contribution in [0.1, 0.15) is 52.6 Å². The van der Waals surface area contributed by atoms with Crippen LogP contribution in [0.4, 0.5) is 23.7 Å². The van der Waals surface area contributed by atoms with Crippen molar-refractivity contribution in [1.82, 2.24) is 15.1 Å². The molecule has 0 saturated carbocycles. The van der Waals surface area contributed by atoms with Crippen molar-refractivity contribution in [1.29, 1.82) is 0 Å². The first-order valence-electron chi connectivity index (χ1n) is 12.4. The minimum absolute atomic E-state index is 0.0802. The Bertz CT molecular complexity index is 1280. The summed E-state index contributed by atoms with van der Waals surface area (Å²) in [5.41, 5.74) is 1.06. The zero-order valence-corrected chi connectivity index (χ0v) is 22.2. The molecule has 0 unspecified atom stereocenters. The average Bonchev–Trinajstić information content (AvgIpc) is 2.87. The van der Waals surface area contributed by atoms with Gasteiger partial charge in [0, 0.05) is 56.2 Å². The molecular weight excluding hydrogens is 511 g/mol. The largest absolute Gasteiger partial charge is 0.417 e. The molecule has 0 spiro atoms. The van der Waals surface area contributed by atoms with E-state index in [0.29, 0.717) is 36.5 Å². The number of hydrogen-bond donors (Lipinski definition) is 2. The van der Waals surface area contributed by atoms with E-state index < -0.39 is 29.2 Å². The highest BCUT2D eigenvalue weighted by molar-refractivity contribution is 6.02. The quantitative estimate of drug-likeness (QED) is 0.381. The van der Waals surface area contributed by atoms with Crippen LogP contribution in [0.2, 0.25) is 0 Å². The van der Waals surface area contributed by atoms with Crippen molar-refractivity contribution in [2.24, 2.45) is 4.99 Å². The number of carbonyl (C=O) groups is 3. The Morgan fingerprint density at radius 1 is 1.00 bits per heavy atom. The van der Waals surface area contributed by atoms with Gasteiger partial charge in [0.2, 0.25) is 0 Å². The number of anilines is 1. The van der Waals surface area contributed by atoms with Crippen molar-refractivity contribution in [2.75, 3.05) is 38.0 Å². The summed E-state index contributed by atoms with van der Waals surface area (Å²) in [7, 11) is 0. The predicted octanol–water partition coefficient (Wildman–Crippen LogP) is 4.98. The number of aliphatic imine (C=N–C) groups is 1. The lowest BCUT2D eigenvalue weighted by molar-refractivity contribution is -0.138. The molecule has 0 atom stereocenters. The predicted molar refractivity (Wildman–Crippen MR) is 144 cm³/mol. The first-order valence-corrected chi connectivity index (χ1v) is 12.4. The van der Waals surface area contributed by atoms with Crippen LogP contribution in [0.15, 0.2) is 59.6 Å². The maximum Gasteiger partial charge on any atom is 0.417 e. The lowest BCUT2D eigenvalue weighted by atomic mass is 10.0. The first-order chi connectivity index (χ1) is 18.3. The second-order valence-electron chi connectivity index (χ2n) is 9.66. The molecule has 1 aliphatic heterocycles. The normalized spacial score (nSPS) is 13.9. The van der Waals surface area contributed by atoms with Gasteiger partial charge in [-0.25, -0.2) is 9.79 Å². The van der Waals surface area contributed by atoms with E-state index in [-0.39, 0.29) is 31.2 Å². The topological polar surface area (TPSA) is 94.1 Å². The summed E-state index contributed by atoms with van der Waals surface area (Å²) in [5, 5.41) is 4.84. The van der Waals surface area contributed by atoms with Crippen molar-refractivity contribution in [3.05, 3.63) is 76.9 Å². The number of nitrogens with zero attached hydrogens (tertiary/aromatic N) is 3. The van der Waals surface area contributed by atoms with Gasteiger partial charge in [-0.2, -0.15) is 13.2 Å². The van der Waals surface area contributed by atoms with E-state index in [4.69, 9.17) is 0 Å². The monoisotopic (exact) mass is 543 g/mol. The third kappa shape index (κ3) is 8.51. The van der Waals surface area contributed by atoms with Crippen LogP contribution in [0.3, 0.4) is 0 Å². The molecule has 8 nitrogen and oxygen atoms in total. The number of alkyl halides is 3. The summed E-state index contributed by atoms with van der Waals surface area (Å²) in [5.74, 6) is -1.04. The van der Waals surface area contributed by atoms with E-state index >= 15 is 0 Å². The number of carbonyl (C=O) groups excluding carboxylic acids is 3. The Morgan fingerprint density at radius 3 is 2.31 bits per heavy atom. The molecule has 0 aliphatic carbocycles. The van der Waals surface area contributed by atoms with Crippen molar-refractivity contribution in [3.8, 4) is 0 Å². The van der Waals surface area contributed by atoms with Crippen LogP contribution in [0.5, 0.6) is 0 Å². The zero-order valence-electron chi connectivity index (χ0n) is 22.2. The fourth-order valence-electron chi connectivity index (χ4n) is 4.06. The number of halogens is 3. The summed E-state index contributed by atoms with van der Waals surface area (Å²) in [4.78, 5) is 44.7. The maximum absolute atomic E-state index is 13.9. The van der Waals surface area contributed by atoms with E-state index in [1.807, 2.05) is 6.07 Å². The van der Waals surface area contributed by atoms with Gasteiger partial charge in [-0.3, -0.25) is 14.5 Å². The van der Waals surface area contributed by atoms with Crippen LogP contribution >= 0.6 is 0 Å². The molecule has 39 heavy (non-hydrogen) atoms. The second-order valence-corrected chi connectivity index (χ2v) is 9.66. The highest BCUT2D eigenvalue weighted by atomic mass is 19.4. The fraction of sp³-hybridized carbons (Fsp3) is 0.357. The third-order valence-electron chi connectivity index (χ3n) is 5.93. The zero-order chi connectivity index (χ0) is 28.7. The number of amides is 4. The minimum atomic E-state index is -4.79. The smallest absolute Gasteiger partial charge is 0.336 e. The molecule has 1 saturated heterocycles. The molecule has 0 radical (unpaired) electrons. The van der Waals surface area contributed by atoms with Crippen LogP contribution in [0, 0.1) is 0 Å². The Morgan fingerprint density at radius 2 is 1.69 bits per heavy atom. The van der Waals surface area contributed by atoms with Crippen molar-refractivity contribution in [3.63, 3.8) is 0 Å². The van der Waals surface area contributed by atoms with Gasteiger partial charge in [0.15, 0.2) is 0 Å². The molecule has 4 amide bonds. The lowest BCUT2D eigenvalue weighted by Crippen LogP contribution is -2.48. The Balaban J connectivity index is 1.66. The van der Waals surface area contributed by atoms with Gasteiger partial charge in [0.05, 0.1) is 11.1 Å². The molecule has 208 valence electrons. The van der Waals surface area contributed by atoms with Gasteiger partial charge in [-0.1, -0.05) is 24.3 Å². The van der Waals surface area contributed by atoms with Crippen molar-refractivity contribution in [2.45, 2.75) is 33.5 Å². The number of rotatable bonds is 7. The summed E-state index contributed by atoms with van der Waals surface area (Å²) in [6.07, 6.45) is -4.79. The maximum atomic E-state index is 13.9. The van der Waals surface area contributed by atoms with E-state index in [2.05, 4.69) is 27.1 Å². The SMILES string of the molecule is C=C(C)CNC(=O)Nc1ccc(C(=O)N2CCN(Cc3cccc(C(=O)N=C(C)C)c3)CC2)c(C(F)(F)F)c1. The Labute approximate surface area is 225 Å². The van der Waals surface area contributed by atoms with Crippen LogP contribution in [-0.2, 0) is 12.7 Å². The molecule has 2 aromatic carbocycles. The number of nitrogens with one attached hydrogen (secondary N) is 2. The van der Waals surface area contributed by atoms with E-state index in [1.165, 1.54) is 11.0 Å². The van der Waals surface area contributed by atoms with Gasteiger partial charge >= 0.3 is 12.2 Å². The standard InChI is InChI=1S/C28H32F3N5O3/c1-18(2)16-32-27(39)34-22-8-9-23(24(15-22)28(29,30)31)26(38)36-12-10-35(11-13-36)17-20-6-5-7-21(14-20)25(37)33-19(3)4/h5-9,14-15H,1,10-13,16-17H2,2-4H3,(H2,32,34,39). The molecule has 11 heteroatoms. The minimum Gasteiger partial charge on any atom is -0.336 e.